The molecule has 5 heteroatoms. The van der Waals surface area contributed by atoms with E-state index in [9.17, 15) is 4.79 Å². The first kappa shape index (κ1) is 18.6. The zero-order chi connectivity index (χ0) is 17.7. The van der Waals surface area contributed by atoms with Gasteiger partial charge < -0.3 is 4.74 Å². The highest BCUT2D eigenvalue weighted by molar-refractivity contribution is 5.94. The number of aromatic nitrogens is 1. The maximum Gasteiger partial charge on any atom is 0.271 e. The topological polar surface area (TPSA) is 63.6 Å². The van der Waals surface area contributed by atoms with Crippen LogP contribution in [0.3, 0.4) is 0 Å². The second-order valence-corrected chi connectivity index (χ2v) is 5.74. The zero-order valence-corrected chi connectivity index (χ0v) is 14.6. The highest BCUT2D eigenvalue weighted by Crippen LogP contribution is 2.16. The Balaban J connectivity index is 1.84. The largest absolute Gasteiger partial charge is 0.493 e. The minimum Gasteiger partial charge on any atom is -0.493 e. The number of unbranched alkanes of at least 4 members (excludes halogenated alkanes) is 4. The van der Waals surface area contributed by atoms with Gasteiger partial charge in [-0.2, -0.15) is 5.10 Å². The molecule has 25 heavy (non-hydrogen) atoms. The van der Waals surface area contributed by atoms with Crippen molar-refractivity contribution in [2.75, 3.05) is 6.61 Å². The number of carbonyl (C=O) groups excluding carboxylic acids is 1. The molecule has 1 heterocycles. The molecule has 2 rings (SSSR count). The first-order valence-electron chi connectivity index (χ1n) is 8.76. The molecule has 0 aliphatic rings. The summed E-state index contributed by atoms with van der Waals surface area (Å²) >= 11 is 0. The lowest BCUT2D eigenvalue weighted by Gasteiger charge is -2.08. The predicted molar refractivity (Wildman–Crippen MR) is 100.0 cm³/mol. The Labute approximate surface area is 149 Å². The van der Waals surface area contributed by atoms with E-state index >= 15 is 0 Å². The Morgan fingerprint density at radius 2 is 1.88 bits per heavy atom. The summed E-state index contributed by atoms with van der Waals surface area (Å²) in [5.41, 5.74) is 3.87. The highest BCUT2D eigenvalue weighted by atomic mass is 16.5. The molecule has 0 saturated heterocycles. The predicted octanol–water partition coefficient (Wildman–Crippen LogP) is 4.19. The van der Waals surface area contributed by atoms with Crippen molar-refractivity contribution in [1.29, 1.82) is 0 Å². The maximum atomic E-state index is 11.9. The van der Waals surface area contributed by atoms with E-state index in [0.29, 0.717) is 12.2 Å². The first-order valence-corrected chi connectivity index (χ1v) is 8.76. The van der Waals surface area contributed by atoms with Crippen LogP contribution in [0.1, 0.15) is 54.9 Å². The van der Waals surface area contributed by atoms with Gasteiger partial charge in [0, 0.05) is 23.5 Å². The highest BCUT2D eigenvalue weighted by Gasteiger charge is 2.03. The molecule has 0 unspecified atom stereocenters. The van der Waals surface area contributed by atoms with Gasteiger partial charge in [0.05, 0.1) is 12.8 Å². The number of nitrogens with zero attached hydrogens (tertiary/aromatic N) is 2. The molecule has 1 aromatic heterocycles. The van der Waals surface area contributed by atoms with Crippen molar-refractivity contribution in [1.82, 2.24) is 10.4 Å². The molecule has 0 radical (unpaired) electrons. The van der Waals surface area contributed by atoms with Crippen LogP contribution >= 0.6 is 0 Å². The van der Waals surface area contributed by atoms with Crippen molar-refractivity contribution in [3.8, 4) is 5.75 Å². The SMILES string of the molecule is CCCCCCCOc1ccccc1/C=N\NC(=O)c1ccncc1. The van der Waals surface area contributed by atoms with Crippen LogP contribution in [-0.2, 0) is 0 Å². The van der Waals surface area contributed by atoms with E-state index in [1.54, 1.807) is 30.7 Å². The summed E-state index contributed by atoms with van der Waals surface area (Å²) in [5, 5.41) is 4.02. The van der Waals surface area contributed by atoms with Gasteiger partial charge in [-0.25, -0.2) is 5.43 Å². The molecule has 0 aliphatic heterocycles. The fourth-order valence-electron chi connectivity index (χ4n) is 2.33. The van der Waals surface area contributed by atoms with Crippen LogP contribution in [0.25, 0.3) is 0 Å². The molecule has 132 valence electrons. The smallest absolute Gasteiger partial charge is 0.271 e. The summed E-state index contributed by atoms with van der Waals surface area (Å²) in [6.45, 7) is 2.90. The molecule has 2 aromatic rings. The van der Waals surface area contributed by atoms with Gasteiger partial charge >= 0.3 is 0 Å². The average molecular weight is 339 g/mol. The third-order valence-electron chi connectivity index (χ3n) is 3.74. The number of hydrazone groups is 1. The van der Waals surface area contributed by atoms with E-state index in [-0.39, 0.29) is 5.91 Å². The summed E-state index contributed by atoms with van der Waals surface area (Å²) in [7, 11) is 0. The third-order valence-corrected chi connectivity index (χ3v) is 3.74. The molecule has 1 amide bonds. The molecular weight excluding hydrogens is 314 g/mol. The van der Waals surface area contributed by atoms with E-state index in [4.69, 9.17) is 4.74 Å². The fraction of sp³-hybridized carbons (Fsp3) is 0.350. The van der Waals surface area contributed by atoms with E-state index in [2.05, 4.69) is 22.4 Å². The summed E-state index contributed by atoms with van der Waals surface area (Å²) in [6, 6.07) is 11.0. The lowest BCUT2D eigenvalue weighted by molar-refractivity contribution is 0.0955. The molecular formula is C20H25N3O2. The van der Waals surface area contributed by atoms with Crippen molar-refractivity contribution in [3.63, 3.8) is 0 Å². The second-order valence-electron chi connectivity index (χ2n) is 5.74. The number of benzene rings is 1. The molecule has 0 saturated carbocycles. The number of hydrogen-bond acceptors (Lipinski definition) is 4. The van der Waals surface area contributed by atoms with E-state index in [0.717, 1.165) is 17.7 Å². The van der Waals surface area contributed by atoms with Crippen molar-refractivity contribution >= 4 is 12.1 Å². The van der Waals surface area contributed by atoms with Crippen molar-refractivity contribution < 1.29 is 9.53 Å². The molecule has 1 aromatic carbocycles. The number of pyridine rings is 1. The number of para-hydroxylation sites is 1. The quantitative estimate of drug-likeness (QED) is 0.401. The van der Waals surface area contributed by atoms with Gasteiger partial charge in [0.1, 0.15) is 5.75 Å². The number of amides is 1. The second kappa shape index (κ2) is 11.0. The molecule has 0 atom stereocenters. The molecule has 0 spiro atoms. The first-order chi connectivity index (χ1) is 12.3. The maximum absolute atomic E-state index is 11.9. The average Bonchev–Trinajstić information content (AvgIpc) is 2.66. The Bertz CT molecular complexity index is 672. The lowest BCUT2D eigenvalue weighted by Crippen LogP contribution is -2.17. The number of hydrogen-bond donors (Lipinski definition) is 1. The van der Waals surface area contributed by atoms with Gasteiger partial charge in [0.15, 0.2) is 0 Å². The molecule has 0 fully saturated rings. The van der Waals surface area contributed by atoms with E-state index in [1.807, 2.05) is 24.3 Å². The number of rotatable bonds is 10. The van der Waals surface area contributed by atoms with Crippen LogP contribution in [0.4, 0.5) is 0 Å². The van der Waals surface area contributed by atoms with Gasteiger partial charge in [0.25, 0.3) is 5.91 Å². The Kier molecular flexibility index (Phi) is 8.18. The van der Waals surface area contributed by atoms with Crippen molar-refractivity contribution in [2.24, 2.45) is 5.10 Å². The summed E-state index contributed by atoms with van der Waals surface area (Å²) in [6.07, 6.45) is 10.8. The number of carbonyl (C=O) groups is 1. The van der Waals surface area contributed by atoms with Crippen LogP contribution in [0.5, 0.6) is 5.75 Å². The van der Waals surface area contributed by atoms with Crippen molar-refractivity contribution in [3.05, 3.63) is 59.9 Å². The van der Waals surface area contributed by atoms with Crippen LogP contribution in [-0.4, -0.2) is 23.7 Å². The molecule has 1 N–H and O–H groups in total. The van der Waals surface area contributed by atoms with E-state index in [1.165, 1.54) is 25.7 Å². The molecule has 5 nitrogen and oxygen atoms in total. The standard InChI is InChI=1S/C20H25N3O2/c1-2-3-4-5-8-15-25-19-10-7-6-9-18(19)16-22-23-20(24)17-11-13-21-14-12-17/h6-7,9-14,16H,2-5,8,15H2,1H3,(H,23,24)/b22-16-. The normalized spacial score (nSPS) is 10.8. The number of ether oxygens (including phenoxy) is 1. The van der Waals surface area contributed by atoms with Gasteiger partial charge in [-0.05, 0) is 30.7 Å². The van der Waals surface area contributed by atoms with E-state index < -0.39 is 0 Å². The van der Waals surface area contributed by atoms with Gasteiger partial charge in [-0.1, -0.05) is 44.7 Å². The summed E-state index contributed by atoms with van der Waals surface area (Å²) in [5.74, 6) is 0.507. The third kappa shape index (κ3) is 6.75. The van der Waals surface area contributed by atoms with Gasteiger partial charge in [-0.3, -0.25) is 9.78 Å². The Morgan fingerprint density at radius 3 is 2.68 bits per heavy atom. The van der Waals surface area contributed by atoms with Crippen LogP contribution < -0.4 is 10.2 Å². The van der Waals surface area contributed by atoms with Gasteiger partial charge in [0.2, 0.25) is 0 Å². The number of nitrogens with one attached hydrogen (secondary N) is 1. The molecule has 0 bridgehead atoms. The Morgan fingerprint density at radius 1 is 1.12 bits per heavy atom. The van der Waals surface area contributed by atoms with Crippen LogP contribution in [0.2, 0.25) is 0 Å². The summed E-state index contributed by atoms with van der Waals surface area (Å²) < 4.78 is 5.85. The molecule has 0 aliphatic carbocycles. The summed E-state index contributed by atoms with van der Waals surface area (Å²) in [4.78, 5) is 15.8. The lowest BCUT2D eigenvalue weighted by atomic mass is 10.2. The monoisotopic (exact) mass is 339 g/mol. The Hall–Kier alpha value is -2.69. The fourth-order valence-corrected chi connectivity index (χ4v) is 2.33. The van der Waals surface area contributed by atoms with Crippen molar-refractivity contribution in [2.45, 2.75) is 39.0 Å². The minimum atomic E-state index is -0.270. The zero-order valence-electron chi connectivity index (χ0n) is 14.6. The minimum absolute atomic E-state index is 0.270. The van der Waals surface area contributed by atoms with Gasteiger partial charge in [-0.15, -0.1) is 0 Å². The van der Waals surface area contributed by atoms with Crippen LogP contribution in [0.15, 0.2) is 53.9 Å². The van der Waals surface area contributed by atoms with Crippen LogP contribution in [0, 0.1) is 0 Å².